The first-order valence-corrected chi connectivity index (χ1v) is 13.1. The highest BCUT2D eigenvalue weighted by Gasteiger charge is 2.20. The van der Waals surface area contributed by atoms with Gasteiger partial charge >= 0.3 is 0 Å². The summed E-state index contributed by atoms with van der Waals surface area (Å²) in [4.78, 5) is 22.3. The molecule has 0 atom stereocenters. The second kappa shape index (κ2) is 8.86. The molecule has 1 aliphatic heterocycles. The molecule has 5 rings (SSSR count). The van der Waals surface area contributed by atoms with Crippen molar-refractivity contribution in [2.45, 2.75) is 19.9 Å². The Bertz CT molecular complexity index is 1620. The van der Waals surface area contributed by atoms with Crippen molar-refractivity contribution in [1.82, 2.24) is 24.6 Å². The molecule has 1 aromatic carbocycles. The van der Waals surface area contributed by atoms with E-state index in [1.807, 2.05) is 6.07 Å². The molecule has 186 valence electrons. The highest BCUT2D eigenvalue weighted by Crippen LogP contribution is 2.33. The summed E-state index contributed by atoms with van der Waals surface area (Å²) in [7, 11) is -1.74. The van der Waals surface area contributed by atoms with Crippen molar-refractivity contribution in [1.29, 1.82) is 0 Å². The first-order chi connectivity index (χ1) is 17.1. The van der Waals surface area contributed by atoms with Crippen LogP contribution < -0.4 is 10.0 Å². The maximum absolute atomic E-state index is 15.1. The van der Waals surface area contributed by atoms with Crippen molar-refractivity contribution in [3.8, 4) is 11.1 Å². The van der Waals surface area contributed by atoms with Gasteiger partial charge in [0.2, 0.25) is 15.9 Å². The minimum absolute atomic E-state index is 0.00220. The fourth-order valence-electron chi connectivity index (χ4n) is 4.18. The topological polar surface area (TPSA) is 122 Å². The van der Waals surface area contributed by atoms with E-state index in [4.69, 9.17) is 0 Å². The van der Waals surface area contributed by atoms with Gasteiger partial charge in [-0.25, -0.2) is 17.8 Å². The van der Waals surface area contributed by atoms with E-state index < -0.39 is 15.8 Å². The van der Waals surface area contributed by atoms with E-state index >= 15 is 4.39 Å². The summed E-state index contributed by atoms with van der Waals surface area (Å²) in [5.41, 5.74) is 2.56. The zero-order chi connectivity index (χ0) is 25.6. The van der Waals surface area contributed by atoms with Crippen LogP contribution in [0.2, 0.25) is 0 Å². The molecule has 1 amide bonds. The van der Waals surface area contributed by atoms with Gasteiger partial charge in [0.25, 0.3) is 0 Å². The van der Waals surface area contributed by atoms with E-state index in [9.17, 15) is 13.2 Å². The molecule has 36 heavy (non-hydrogen) atoms. The maximum atomic E-state index is 15.1. The van der Waals surface area contributed by atoms with Crippen molar-refractivity contribution in [3.05, 3.63) is 59.9 Å². The fraction of sp³-hybridized carbons (Fsp3) is 0.250. The highest BCUT2D eigenvalue weighted by molar-refractivity contribution is 7.92. The first kappa shape index (κ1) is 23.7. The van der Waals surface area contributed by atoms with E-state index in [2.05, 4.69) is 25.1 Å². The van der Waals surface area contributed by atoms with Gasteiger partial charge in [-0.15, -0.1) is 0 Å². The molecule has 0 saturated carbocycles. The summed E-state index contributed by atoms with van der Waals surface area (Å²) < 4.78 is 42.6. The predicted octanol–water partition coefficient (Wildman–Crippen LogP) is 3.07. The maximum Gasteiger partial charge on any atom is 0.244 e. The van der Waals surface area contributed by atoms with Crippen molar-refractivity contribution < 1.29 is 17.6 Å². The SMILES string of the molecule is Cc1c(NS(C)(=O)=O)cncc1-c1cc2cc(Nc3cc4n(n3)CC(=O)N(C)CC4)ncc2cc1F. The van der Waals surface area contributed by atoms with Crippen molar-refractivity contribution in [2.24, 2.45) is 0 Å². The number of carbonyl (C=O) groups is 1. The molecule has 1 aliphatic rings. The number of fused-ring (bicyclic) bond motifs is 2. The van der Waals surface area contributed by atoms with Crippen LogP contribution in [-0.2, 0) is 27.8 Å². The minimum atomic E-state index is -3.52. The van der Waals surface area contributed by atoms with E-state index in [0.717, 1.165) is 17.3 Å². The van der Waals surface area contributed by atoms with Crippen LogP contribution in [0.3, 0.4) is 0 Å². The molecule has 12 heteroatoms. The molecule has 4 aromatic rings. The molecule has 4 heterocycles. The number of anilines is 3. The van der Waals surface area contributed by atoms with Crippen LogP contribution in [0.25, 0.3) is 21.9 Å². The van der Waals surface area contributed by atoms with Gasteiger partial charge in [0, 0.05) is 60.7 Å². The zero-order valence-electron chi connectivity index (χ0n) is 19.9. The van der Waals surface area contributed by atoms with Crippen molar-refractivity contribution in [2.75, 3.05) is 29.9 Å². The number of hydrogen-bond donors (Lipinski definition) is 2. The second-order valence-electron chi connectivity index (χ2n) is 8.85. The Morgan fingerprint density at radius 3 is 2.61 bits per heavy atom. The van der Waals surface area contributed by atoms with E-state index in [-0.39, 0.29) is 23.7 Å². The van der Waals surface area contributed by atoms with Crippen LogP contribution in [0, 0.1) is 12.7 Å². The van der Waals surface area contributed by atoms with Gasteiger partial charge in [-0.2, -0.15) is 5.10 Å². The molecule has 0 bridgehead atoms. The average molecular weight is 510 g/mol. The van der Waals surface area contributed by atoms with Gasteiger partial charge in [-0.05, 0) is 36.1 Å². The number of nitrogens with zero attached hydrogens (tertiary/aromatic N) is 5. The van der Waals surface area contributed by atoms with E-state index in [1.54, 1.807) is 41.9 Å². The Morgan fingerprint density at radius 2 is 1.83 bits per heavy atom. The normalized spacial score (nSPS) is 14.0. The summed E-state index contributed by atoms with van der Waals surface area (Å²) >= 11 is 0. The lowest BCUT2D eigenvalue weighted by molar-refractivity contribution is -0.130. The lowest BCUT2D eigenvalue weighted by atomic mass is 9.98. The molecule has 0 unspecified atom stereocenters. The highest BCUT2D eigenvalue weighted by atomic mass is 32.2. The molecule has 0 aliphatic carbocycles. The van der Waals surface area contributed by atoms with Crippen LogP contribution in [0.4, 0.5) is 21.7 Å². The van der Waals surface area contributed by atoms with Crippen LogP contribution in [0.1, 0.15) is 11.3 Å². The number of benzene rings is 1. The van der Waals surface area contributed by atoms with E-state index in [1.165, 1.54) is 18.5 Å². The number of hydrogen-bond acceptors (Lipinski definition) is 7. The molecule has 0 fully saturated rings. The number of carbonyl (C=O) groups excluding carboxylic acids is 1. The third-order valence-electron chi connectivity index (χ3n) is 6.14. The molecule has 10 nitrogen and oxygen atoms in total. The standard InChI is InChI=1S/C24H24FN7O3S/c1-14-19(11-26-12-21(14)30-36(3,34)35)18-6-15-8-22(27-10-16(15)7-20(18)25)28-23-9-17-4-5-31(2)24(33)13-32(17)29-23/h6-12,30H,4-5,13H2,1-3H3,(H,27,28,29). The van der Waals surface area contributed by atoms with Crippen LogP contribution in [0.5, 0.6) is 0 Å². The average Bonchev–Trinajstić information content (AvgIpc) is 3.12. The second-order valence-corrected chi connectivity index (χ2v) is 10.6. The molecule has 3 aromatic heterocycles. The summed E-state index contributed by atoms with van der Waals surface area (Å²) in [5, 5.41) is 8.99. The quantitative estimate of drug-likeness (QED) is 0.424. The lowest BCUT2D eigenvalue weighted by Gasteiger charge is -2.13. The van der Waals surface area contributed by atoms with Gasteiger partial charge < -0.3 is 10.2 Å². The first-order valence-electron chi connectivity index (χ1n) is 11.2. The third kappa shape index (κ3) is 4.71. The Balaban J connectivity index is 1.48. The van der Waals surface area contributed by atoms with Gasteiger partial charge in [-0.1, -0.05) is 0 Å². The third-order valence-corrected chi connectivity index (χ3v) is 6.73. The Kier molecular flexibility index (Phi) is 5.83. The molecule has 2 N–H and O–H groups in total. The zero-order valence-corrected chi connectivity index (χ0v) is 20.7. The Morgan fingerprint density at radius 1 is 1.03 bits per heavy atom. The number of likely N-dealkylation sites (N-methyl/N-ethyl adjacent to an activating group) is 1. The molecule has 0 radical (unpaired) electrons. The minimum Gasteiger partial charge on any atom is -0.344 e. The molecular formula is C24H24FN7O3S. The molecular weight excluding hydrogens is 485 g/mol. The monoisotopic (exact) mass is 509 g/mol. The number of rotatable bonds is 5. The van der Waals surface area contributed by atoms with E-state index in [0.29, 0.717) is 41.1 Å². The Labute approximate surface area is 207 Å². The van der Waals surface area contributed by atoms with Gasteiger partial charge in [-0.3, -0.25) is 19.2 Å². The smallest absolute Gasteiger partial charge is 0.244 e. The number of pyridine rings is 2. The van der Waals surface area contributed by atoms with Gasteiger partial charge in [0.15, 0.2) is 5.82 Å². The Hall–Kier alpha value is -4.06. The van der Waals surface area contributed by atoms with Gasteiger partial charge in [0.05, 0.1) is 18.1 Å². The number of nitrogens with one attached hydrogen (secondary N) is 2. The van der Waals surface area contributed by atoms with Crippen LogP contribution in [-0.4, -0.2) is 58.8 Å². The largest absolute Gasteiger partial charge is 0.344 e. The molecule has 0 spiro atoms. The summed E-state index contributed by atoms with van der Waals surface area (Å²) in [5.74, 6) is 0.608. The lowest BCUT2D eigenvalue weighted by Crippen LogP contribution is -2.29. The summed E-state index contributed by atoms with van der Waals surface area (Å²) in [6, 6.07) is 6.74. The van der Waals surface area contributed by atoms with Crippen LogP contribution in [0.15, 0.2) is 42.9 Å². The summed E-state index contributed by atoms with van der Waals surface area (Å²) in [6.07, 6.45) is 6.21. The summed E-state index contributed by atoms with van der Waals surface area (Å²) in [6.45, 7) is 2.52. The number of halogens is 1. The van der Waals surface area contributed by atoms with Crippen molar-refractivity contribution >= 4 is 44.0 Å². The van der Waals surface area contributed by atoms with Crippen molar-refractivity contribution in [3.63, 3.8) is 0 Å². The predicted molar refractivity (Wildman–Crippen MR) is 135 cm³/mol. The molecule has 0 saturated heterocycles. The van der Waals surface area contributed by atoms with Gasteiger partial charge in [0.1, 0.15) is 18.2 Å². The number of amides is 1. The fourth-order valence-corrected chi connectivity index (χ4v) is 4.79. The van der Waals surface area contributed by atoms with Crippen LogP contribution >= 0.6 is 0 Å². The number of aromatic nitrogens is 4. The number of sulfonamides is 1.